The summed E-state index contributed by atoms with van der Waals surface area (Å²) in [6.45, 7) is 17.0. The van der Waals surface area contributed by atoms with Crippen molar-refractivity contribution in [1.82, 2.24) is 0 Å². The van der Waals surface area contributed by atoms with Gasteiger partial charge < -0.3 is 39.4 Å². The summed E-state index contributed by atoms with van der Waals surface area (Å²) in [4.78, 5) is 13.5. The van der Waals surface area contributed by atoms with Crippen molar-refractivity contribution in [2.45, 2.75) is 118 Å². The Hall–Kier alpha value is -2.01. The second-order valence-corrected chi connectivity index (χ2v) is 13.6. The van der Waals surface area contributed by atoms with Crippen molar-refractivity contribution in [2.24, 2.45) is 35.5 Å². The van der Waals surface area contributed by atoms with Gasteiger partial charge in [0.15, 0.2) is 5.79 Å². The molecule has 0 bridgehead atoms. The maximum absolute atomic E-state index is 13.5. The number of allylic oxidation sites excluding steroid dienone is 5. The first-order chi connectivity index (χ1) is 20.5. The molecule has 0 unspecified atom stereocenters. The molecule has 0 radical (unpaired) electrons. The zero-order valence-corrected chi connectivity index (χ0v) is 28.6. The van der Waals surface area contributed by atoms with Crippen molar-refractivity contribution in [3.05, 3.63) is 47.3 Å². The largest absolute Gasteiger partial charge is 0.490 e. The quantitative estimate of drug-likeness (QED) is 0.298. The van der Waals surface area contributed by atoms with Crippen LogP contribution in [0.3, 0.4) is 0 Å². The lowest BCUT2D eigenvalue weighted by atomic mass is 9.76. The molecular formula is C35H58O9. The Balaban J connectivity index is 2.52. The van der Waals surface area contributed by atoms with E-state index in [1.807, 2.05) is 66.7 Å². The van der Waals surface area contributed by atoms with Gasteiger partial charge in [-0.1, -0.05) is 83.9 Å². The number of esters is 1. The van der Waals surface area contributed by atoms with E-state index in [-0.39, 0.29) is 35.9 Å². The Kier molecular flexibility index (Phi) is 14.3. The van der Waals surface area contributed by atoms with Crippen molar-refractivity contribution in [3.8, 4) is 0 Å². The molecule has 9 nitrogen and oxygen atoms in total. The topological polar surface area (TPSA) is 135 Å². The molecule has 0 amide bonds. The second-order valence-electron chi connectivity index (χ2n) is 13.6. The molecule has 252 valence electrons. The minimum Gasteiger partial charge on any atom is -0.490 e. The molecule has 12 atom stereocenters. The molecule has 0 saturated carbocycles. The molecule has 9 heteroatoms. The van der Waals surface area contributed by atoms with Crippen LogP contribution in [0.2, 0.25) is 0 Å². The first-order valence-electron chi connectivity index (χ1n) is 15.9. The molecule has 1 saturated heterocycles. The molecule has 2 rings (SSSR count). The highest BCUT2D eigenvalue weighted by atomic mass is 16.6. The Bertz CT molecular complexity index is 1060. The van der Waals surface area contributed by atoms with E-state index >= 15 is 0 Å². The second kappa shape index (κ2) is 16.5. The molecule has 0 aliphatic carbocycles. The molecule has 0 spiro atoms. The van der Waals surface area contributed by atoms with Crippen LogP contribution in [0, 0.1) is 35.5 Å². The predicted molar refractivity (Wildman–Crippen MR) is 170 cm³/mol. The fourth-order valence-electron chi connectivity index (χ4n) is 6.54. The van der Waals surface area contributed by atoms with Gasteiger partial charge in [0.05, 0.1) is 31.5 Å². The predicted octanol–water partition coefficient (Wildman–Crippen LogP) is 4.69. The maximum atomic E-state index is 13.5. The third-order valence-electron chi connectivity index (χ3n) is 9.50. The van der Waals surface area contributed by atoms with Gasteiger partial charge in [-0.25, -0.2) is 4.79 Å². The summed E-state index contributed by atoms with van der Waals surface area (Å²) >= 11 is 0. The van der Waals surface area contributed by atoms with Gasteiger partial charge in [-0.3, -0.25) is 0 Å². The van der Waals surface area contributed by atoms with E-state index in [9.17, 15) is 25.2 Å². The van der Waals surface area contributed by atoms with E-state index in [1.54, 1.807) is 26.0 Å². The van der Waals surface area contributed by atoms with E-state index in [4.69, 9.17) is 18.9 Å². The van der Waals surface area contributed by atoms with Crippen molar-refractivity contribution in [1.29, 1.82) is 0 Å². The Morgan fingerprint density at radius 1 is 1.05 bits per heavy atom. The standard InChI is InChI=1S/C35H58O9/c1-19(2)32-24(7)27(36)18-35(40,44-32)26(9)31(38)25(8)33-28(41-10)14-12-13-20(3)15-22(5)30(37)23(6)16-21(4)17-29(42-11)34(39)43-33/h12-14,16-17,19,22-28,30-33,36-38,40H,15,18H2,1-11H3/b14-12-,20-13+,21-16+,29-17-/t22-,23-,24+,25+,26+,27-,28+,30+,31-,32-,33-,35-/m1/s1. The van der Waals surface area contributed by atoms with Gasteiger partial charge in [0.1, 0.15) is 12.2 Å². The van der Waals surface area contributed by atoms with Crippen LogP contribution in [0.25, 0.3) is 0 Å². The summed E-state index contributed by atoms with van der Waals surface area (Å²) in [6.07, 6.45) is 4.85. The van der Waals surface area contributed by atoms with Gasteiger partial charge in [0.2, 0.25) is 5.76 Å². The Labute approximate surface area is 264 Å². The van der Waals surface area contributed by atoms with E-state index in [2.05, 4.69) is 0 Å². The molecule has 0 aromatic heterocycles. The number of ether oxygens (including phenoxy) is 4. The number of methoxy groups -OCH3 is 2. The van der Waals surface area contributed by atoms with Gasteiger partial charge in [0.25, 0.3) is 0 Å². The molecule has 4 N–H and O–H groups in total. The Morgan fingerprint density at radius 3 is 2.25 bits per heavy atom. The highest BCUT2D eigenvalue weighted by Gasteiger charge is 2.51. The number of carbonyl (C=O) groups excluding carboxylic acids is 1. The summed E-state index contributed by atoms with van der Waals surface area (Å²) < 4.78 is 23.4. The number of cyclic esters (lactones) is 1. The van der Waals surface area contributed by atoms with Crippen LogP contribution in [0.1, 0.15) is 75.2 Å². The first-order valence-corrected chi connectivity index (χ1v) is 15.9. The summed E-state index contributed by atoms with van der Waals surface area (Å²) in [7, 11) is 2.87. The number of aliphatic hydroxyl groups excluding tert-OH is 3. The lowest BCUT2D eigenvalue weighted by molar-refractivity contribution is -0.328. The van der Waals surface area contributed by atoms with Crippen molar-refractivity contribution >= 4 is 5.97 Å². The molecule has 2 heterocycles. The summed E-state index contributed by atoms with van der Waals surface area (Å²) in [5.41, 5.74) is 1.78. The monoisotopic (exact) mass is 622 g/mol. The SMILES string of the molecule is CO/C1=C\C(C)=C\[C@@H](C)[C@@H](O)[C@H](C)C/C(C)=C/C=C\[C@H](OC)[C@@H]([C@@H](C)[C@@H](O)[C@H](C)[C@@]2(O)C[C@@H](O)[C@H](C)[C@@H](C(C)C)O2)OC1=O. The van der Waals surface area contributed by atoms with E-state index in [0.29, 0.717) is 6.42 Å². The molecule has 0 aromatic carbocycles. The van der Waals surface area contributed by atoms with Gasteiger partial charge in [0, 0.05) is 37.2 Å². The summed E-state index contributed by atoms with van der Waals surface area (Å²) in [6, 6.07) is 0. The lowest BCUT2D eigenvalue weighted by Gasteiger charge is -2.49. The first kappa shape index (κ1) is 38.2. The van der Waals surface area contributed by atoms with Crippen LogP contribution < -0.4 is 0 Å². The number of rotatable bonds is 7. The maximum Gasteiger partial charge on any atom is 0.373 e. The summed E-state index contributed by atoms with van der Waals surface area (Å²) in [5.74, 6) is -4.49. The van der Waals surface area contributed by atoms with Crippen LogP contribution in [0.5, 0.6) is 0 Å². The van der Waals surface area contributed by atoms with Crippen LogP contribution in [0.4, 0.5) is 0 Å². The minimum absolute atomic E-state index is 0.00492. The zero-order valence-electron chi connectivity index (χ0n) is 28.6. The molecule has 2 aliphatic heterocycles. The third kappa shape index (κ3) is 9.50. The Morgan fingerprint density at radius 2 is 1.68 bits per heavy atom. The fraction of sp³-hybridized carbons (Fsp3) is 0.743. The number of hydrogen-bond acceptors (Lipinski definition) is 9. The average molecular weight is 623 g/mol. The van der Waals surface area contributed by atoms with Gasteiger partial charge in [-0.2, -0.15) is 0 Å². The molecule has 44 heavy (non-hydrogen) atoms. The van der Waals surface area contributed by atoms with Crippen LogP contribution in [-0.2, 0) is 23.7 Å². The van der Waals surface area contributed by atoms with E-state index in [0.717, 1.165) is 11.1 Å². The van der Waals surface area contributed by atoms with E-state index < -0.39 is 60.2 Å². The zero-order chi connectivity index (χ0) is 33.5. The number of hydrogen-bond donors (Lipinski definition) is 4. The molecule has 1 fully saturated rings. The van der Waals surface area contributed by atoms with Crippen molar-refractivity contribution in [2.75, 3.05) is 14.2 Å². The summed E-state index contributed by atoms with van der Waals surface area (Å²) in [5, 5.41) is 45.0. The normalized spacial score (nSPS) is 41.2. The molecule has 2 aliphatic rings. The van der Waals surface area contributed by atoms with E-state index in [1.165, 1.54) is 14.2 Å². The number of aliphatic hydroxyl groups is 4. The van der Waals surface area contributed by atoms with Gasteiger partial charge in [-0.05, 0) is 38.2 Å². The molecule has 0 aromatic rings. The van der Waals surface area contributed by atoms with Crippen molar-refractivity contribution in [3.63, 3.8) is 0 Å². The minimum atomic E-state index is -1.80. The van der Waals surface area contributed by atoms with Gasteiger partial charge >= 0.3 is 5.97 Å². The fourth-order valence-corrected chi connectivity index (χ4v) is 6.54. The van der Waals surface area contributed by atoms with Gasteiger partial charge in [-0.15, -0.1) is 0 Å². The van der Waals surface area contributed by atoms with Crippen LogP contribution >= 0.6 is 0 Å². The van der Waals surface area contributed by atoms with Crippen LogP contribution in [-0.4, -0.2) is 83.0 Å². The number of carbonyl (C=O) groups is 1. The third-order valence-corrected chi connectivity index (χ3v) is 9.50. The highest BCUT2D eigenvalue weighted by Crippen LogP contribution is 2.41. The smallest absolute Gasteiger partial charge is 0.373 e. The van der Waals surface area contributed by atoms with Crippen molar-refractivity contribution < 1.29 is 44.2 Å². The lowest BCUT2D eigenvalue weighted by Crippen LogP contribution is -2.59. The average Bonchev–Trinajstić information content (AvgIpc) is 2.96. The van der Waals surface area contributed by atoms with Crippen LogP contribution in [0.15, 0.2) is 47.3 Å². The highest BCUT2D eigenvalue weighted by molar-refractivity contribution is 5.87. The molecular weight excluding hydrogens is 564 g/mol.